The quantitative estimate of drug-likeness (QED) is 0.515. The van der Waals surface area contributed by atoms with E-state index in [1.54, 1.807) is 18.0 Å². The Morgan fingerprint density at radius 1 is 1.50 bits per heavy atom. The van der Waals surface area contributed by atoms with Crippen molar-refractivity contribution in [1.29, 1.82) is 0 Å². The average molecular weight is 150 g/mol. The molecule has 0 aromatic carbocycles. The van der Waals surface area contributed by atoms with Crippen LogP contribution in [0.4, 0.5) is 0 Å². The highest BCUT2D eigenvalue weighted by Gasteiger charge is 2.11. The lowest BCUT2D eigenvalue weighted by molar-refractivity contribution is 1.27. The number of rotatable bonds is 0. The summed E-state index contributed by atoms with van der Waals surface area (Å²) in [4.78, 5) is 0. The number of thioether (sulfide) groups is 1. The first-order valence-electron chi connectivity index (χ1n) is 3.08. The van der Waals surface area contributed by atoms with E-state index in [2.05, 4.69) is 16.3 Å². The molecule has 0 aromatic heterocycles. The Kier molecular flexibility index (Phi) is 1.43. The molecule has 0 radical (unpaired) electrons. The second-order valence-electron chi connectivity index (χ2n) is 2.00. The van der Waals surface area contributed by atoms with Gasteiger partial charge in [-0.2, -0.15) is 5.10 Å². The van der Waals surface area contributed by atoms with E-state index in [-0.39, 0.29) is 0 Å². The van der Waals surface area contributed by atoms with Gasteiger partial charge in [-0.05, 0) is 6.08 Å². The molecule has 0 bridgehead atoms. The molecule has 0 saturated heterocycles. The molecule has 10 heavy (non-hydrogen) atoms. The van der Waals surface area contributed by atoms with Crippen LogP contribution in [0, 0.1) is 0 Å². The van der Waals surface area contributed by atoms with Gasteiger partial charge in [-0.25, -0.2) is 0 Å². The first-order chi connectivity index (χ1) is 4.97. The largest absolute Gasteiger partial charge is 0.158 e. The van der Waals surface area contributed by atoms with E-state index in [9.17, 15) is 0 Å². The standard InChI is InChI=1S/C7H6N2S/c1-2-6-3-5-10-7(6)9-8-4-1/h1-4H,5H2. The summed E-state index contributed by atoms with van der Waals surface area (Å²) in [6.07, 6.45) is 7.81. The van der Waals surface area contributed by atoms with Crippen LogP contribution < -0.4 is 0 Å². The Morgan fingerprint density at radius 2 is 2.50 bits per heavy atom. The van der Waals surface area contributed by atoms with Crippen LogP contribution >= 0.6 is 11.8 Å². The van der Waals surface area contributed by atoms with Crippen molar-refractivity contribution >= 4 is 23.0 Å². The van der Waals surface area contributed by atoms with Gasteiger partial charge in [-0.3, -0.25) is 0 Å². The maximum Gasteiger partial charge on any atom is 0.126 e. The normalized spacial score (nSPS) is 21.6. The molecule has 0 aliphatic carbocycles. The zero-order chi connectivity index (χ0) is 6.81. The molecule has 0 N–H and O–H groups in total. The second-order valence-corrected chi connectivity index (χ2v) is 3.01. The fraction of sp³-hybridized carbons (Fsp3) is 0.143. The van der Waals surface area contributed by atoms with Crippen LogP contribution in [0.2, 0.25) is 0 Å². The summed E-state index contributed by atoms with van der Waals surface area (Å²) in [6, 6.07) is 0. The van der Waals surface area contributed by atoms with Crippen LogP contribution in [0.1, 0.15) is 0 Å². The molecule has 2 aliphatic rings. The smallest absolute Gasteiger partial charge is 0.126 e. The third-order valence-electron chi connectivity index (χ3n) is 1.35. The molecule has 2 nitrogen and oxygen atoms in total. The van der Waals surface area contributed by atoms with Gasteiger partial charge < -0.3 is 0 Å². The maximum absolute atomic E-state index is 4.00. The number of allylic oxidation sites excluding steroid dienone is 2. The summed E-state index contributed by atoms with van der Waals surface area (Å²) >= 11 is 1.73. The van der Waals surface area contributed by atoms with Crippen LogP contribution in [0.5, 0.6) is 0 Å². The van der Waals surface area contributed by atoms with Crippen molar-refractivity contribution in [2.45, 2.75) is 0 Å². The van der Waals surface area contributed by atoms with E-state index in [1.807, 2.05) is 12.2 Å². The molecule has 0 spiro atoms. The van der Waals surface area contributed by atoms with Gasteiger partial charge >= 0.3 is 0 Å². The van der Waals surface area contributed by atoms with Gasteiger partial charge in [0, 0.05) is 17.5 Å². The number of hydrogen-bond acceptors (Lipinski definition) is 3. The summed E-state index contributed by atoms with van der Waals surface area (Å²) in [6.45, 7) is 0. The van der Waals surface area contributed by atoms with Crippen molar-refractivity contribution in [2.75, 3.05) is 5.75 Å². The number of fused-ring (bicyclic) bond motifs is 1. The Morgan fingerprint density at radius 3 is 3.50 bits per heavy atom. The predicted octanol–water partition coefficient (Wildman–Crippen LogP) is 1.61. The minimum Gasteiger partial charge on any atom is -0.158 e. The fourth-order valence-electron chi connectivity index (χ4n) is 0.878. The van der Waals surface area contributed by atoms with Crippen LogP contribution in [-0.2, 0) is 0 Å². The lowest BCUT2D eigenvalue weighted by Crippen LogP contribution is -1.85. The van der Waals surface area contributed by atoms with Gasteiger partial charge in [0.05, 0.1) is 0 Å². The predicted molar refractivity (Wildman–Crippen MR) is 45.6 cm³/mol. The Bertz CT molecular complexity index is 261. The highest BCUT2D eigenvalue weighted by Crippen LogP contribution is 2.22. The minimum absolute atomic E-state index is 1.04. The molecular formula is C7H6N2S. The second kappa shape index (κ2) is 2.42. The van der Waals surface area contributed by atoms with E-state index in [0.29, 0.717) is 0 Å². The van der Waals surface area contributed by atoms with Crippen molar-refractivity contribution in [3.05, 3.63) is 23.8 Å². The molecular weight excluding hydrogens is 144 g/mol. The highest BCUT2D eigenvalue weighted by atomic mass is 32.2. The van der Waals surface area contributed by atoms with Crippen molar-refractivity contribution in [2.24, 2.45) is 10.2 Å². The van der Waals surface area contributed by atoms with Gasteiger partial charge in [0.1, 0.15) is 5.04 Å². The van der Waals surface area contributed by atoms with E-state index < -0.39 is 0 Å². The monoisotopic (exact) mass is 150 g/mol. The van der Waals surface area contributed by atoms with Crippen molar-refractivity contribution in [3.8, 4) is 0 Å². The third kappa shape index (κ3) is 0.926. The summed E-state index contributed by atoms with van der Waals surface area (Å²) in [5, 5.41) is 8.88. The first-order valence-corrected chi connectivity index (χ1v) is 4.06. The van der Waals surface area contributed by atoms with E-state index in [0.717, 1.165) is 10.8 Å². The lowest BCUT2D eigenvalue weighted by atomic mass is 10.2. The van der Waals surface area contributed by atoms with Crippen LogP contribution in [0.15, 0.2) is 34.0 Å². The molecule has 2 heterocycles. The fourth-order valence-corrected chi connectivity index (χ4v) is 1.72. The lowest BCUT2D eigenvalue weighted by Gasteiger charge is -1.90. The van der Waals surface area contributed by atoms with Crippen LogP contribution in [0.3, 0.4) is 0 Å². The zero-order valence-electron chi connectivity index (χ0n) is 5.32. The Balaban J connectivity index is 2.42. The molecule has 2 rings (SSSR count). The van der Waals surface area contributed by atoms with E-state index in [4.69, 9.17) is 0 Å². The minimum atomic E-state index is 1.04. The summed E-state index contributed by atoms with van der Waals surface area (Å²) in [7, 11) is 0. The molecule has 50 valence electrons. The Labute approximate surface area is 63.4 Å². The SMILES string of the molecule is C1=CC2=CCSC2=NN=C1. The zero-order valence-corrected chi connectivity index (χ0v) is 6.14. The topological polar surface area (TPSA) is 24.7 Å². The maximum atomic E-state index is 4.00. The van der Waals surface area contributed by atoms with Gasteiger partial charge in [-0.1, -0.05) is 23.9 Å². The van der Waals surface area contributed by atoms with E-state index in [1.165, 1.54) is 5.57 Å². The van der Waals surface area contributed by atoms with Gasteiger partial charge in [-0.15, -0.1) is 5.10 Å². The molecule has 0 amide bonds. The first kappa shape index (κ1) is 5.92. The van der Waals surface area contributed by atoms with E-state index >= 15 is 0 Å². The Hall–Kier alpha value is -0.830. The average Bonchev–Trinajstić information content (AvgIpc) is 2.28. The van der Waals surface area contributed by atoms with Gasteiger partial charge in [0.25, 0.3) is 0 Å². The summed E-state index contributed by atoms with van der Waals surface area (Å²) in [5.74, 6) is 1.04. The molecule has 0 unspecified atom stereocenters. The number of hydrogen-bond donors (Lipinski definition) is 0. The highest BCUT2D eigenvalue weighted by molar-refractivity contribution is 8.15. The van der Waals surface area contributed by atoms with Crippen molar-refractivity contribution in [1.82, 2.24) is 0 Å². The van der Waals surface area contributed by atoms with Crippen molar-refractivity contribution in [3.63, 3.8) is 0 Å². The molecule has 0 fully saturated rings. The summed E-state index contributed by atoms with van der Waals surface area (Å²) < 4.78 is 0. The molecule has 0 atom stereocenters. The molecule has 3 heteroatoms. The van der Waals surface area contributed by atoms with Crippen LogP contribution in [-0.4, -0.2) is 17.0 Å². The summed E-state index contributed by atoms with van der Waals surface area (Å²) in [5.41, 5.74) is 1.21. The van der Waals surface area contributed by atoms with Crippen LogP contribution in [0.25, 0.3) is 0 Å². The van der Waals surface area contributed by atoms with Crippen molar-refractivity contribution < 1.29 is 0 Å². The molecule has 0 aromatic rings. The molecule has 0 saturated carbocycles. The molecule has 2 aliphatic heterocycles. The number of nitrogens with zero attached hydrogens (tertiary/aromatic N) is 2. The van der Waals surface area contributed by atoms with Gasteiger partial charge in [0.2, 0.25) is 0 Å². The van der Waals surface area contributed by atoms with Gasteiger partial charge in [0.15, 0.2) is 0 Å². The third-order valence-corrected chi connectivity index (χ3v) is 2.27.